The van der Waals surface area contributed by atoms with E-state index in [1.54, 1.807) is 0 Å². The molecule has 0 bridgehead atoms. The summed E-state index contributed by atoms with van der Waals surface area (Å²) in [6, 6.07) is 8.93. The fraction of sp³-hybridized carbons (Fsp3) is 0.556. The number of aryl methyl sites for hydroxylation is 1. The van der Waals surface area contributed by atoms with Gasteiger partial charge in [-0.15, -0.1) is 0 Å². The van der Waals surface area contributed by atoms with E-state index in [0.717, 1.165) is 12.8 Å². The summed E-state index contributed by atoms with van der Waals surface area (Å²) in [5.74, 6) is 1.61. The Labute approximate surface area is 137 Å². The number of aliphatic hydroxyl groups is 1. The molecule has 124 valence electrons. The van der Waals surface area contributed by atoms with Crippen molar-refractivity contribution >= 4 is 0 Å². The van der Waals surface area contributed by atoms with Crippen LogP contribution in [0.4, 0.5) is 0 Å². The van der Waals surface area contributed by atoms with Gasteiger partial charge in [0.1, 0.15) is 0 Å². The van der Waals surface area contributed by atoms with Crippen LogP contribution in [0.2, 0.25) is 0 Å². The fourth-order valence-electron chi connectivity index (χ4n) is 3.33. The Balaban J connectivity index is 1.81. The van der Waals surface area contributed by atoms with Crippen LogP contribution in [0.15, 0.2) is 28.8 Å². The molecule has 5 nitrogen and oxygen atoms in total. The second kappa shape index (κ2) is 7.23. The number of fused-ring (bicyclic) bond motifs is 1. The summed E-state index contributed by atoms with van der Waals surface area (Å²) in [5, 5.41) is 13.6. The van der Waals surface area contributed by atoms with Crippen molar-refractivity contribution in [3.05, 3.63) is 47.1 Å². The number of benzene rings is 1. The molecule has 1 aromatic carbocycles. The second-order valence-electron chi connectivity index (χ2n) is 6.50. The van der Waals surface area contributed by atoms with Gasteiger partial charge in [-0.25, -0.2) is 0 Å². The smallest absolute Gasteiger partial charge is 0.229 e. The zero-order valence-electron chi connectivity index (χ0n) is 13.9. The molecule has 0 saturated heterocycles. The number of rotatable bonds is 6. The van der Waals surface area contributed by atoms with Crippen molar-refractivity contribution in [3.8, 4) is 0 Å². The van der Waals surface area contributed by atoms with Crippen LogP contribution in [0.25, 0.3) is 0 Å². The minimum Gasteiger partial charge on any atom is -0.395 e. The quantitative estimate of drug-likeness (QED) is 0.887. The van der Waals surface area contributed by atoms with Gasteiger partial charge in [-0.3, -0.25) is 4.90 Å². The highest BCUT2D eigenvalue weighted by Gasteiger charge is 2.26. The lowest BCUT2D eigenvalue weighted by atomic mass is 9.87. The van der Waals surface area contributed by atoms with Crippen molar-refractivity contribution in [2.75, 3.05) is 13.2 Å². The van der Waals surface area contributed by atoms with Gasteiger partial charge in [-0.05, 0) is 30.4 Å². The van der Waals surface area contributed by atoms with Crippen molar-refractivity contribution in [1.82, 2.24) is 15.0 Å². The zero-order valence-corrected chi connectivity index (χ0v) is 13.9. The number of hydrogen-bond acceptors (Lipinski definition) is 5. The Morgan fingerprint density at radius 3 is 2.91 bits per heavy atom. The van der Waals surface area contributed by atoms with Gasteiger partial charge in [0, 0.05) is 18.5 Å². The maximum atomic E-state index is 9.48. The van der Waals surface area contributed by atoms with E-state index in [9.17, 15) is 5.11 Å². The monoisotopic (exact) mass is 315 g/mol. The maximum absolute atomic E-state index is 9.48. The highest BCUT2D eigenvalue weighted by molar-refractivity contribution is 5.32. The van der Waals surface area contributed by atoms with E-state index in [-0.39, 0.29) is 12.5 Å². The third kappa shape index (κ3) is 3.62. The molecule has 23 heavy (non-hydrogen) atoms. The van der Waals surface area contributed by atoms with Crippen LogP contribution in [0, 0.1) is 0 Å². The van der Waals surface area contributed by atoms with Gasteiger partial charge in [-0.1, -0.05) is 43.3 Å². The molecule has 1 heterocycles. The summed E-state index contributed by atoms with van der Waals surface area (Å²) in [7, 11) is 0. The average molecular weight is 315 g/mol. The van der Waals surface area contributed by atoms with E-state index >= 15 is 0 Å². The van der Waals surface area contributed by atoms with Crippen LogP contribution in [0.1, 0.15) is 61.5 Å². The Bertz CT molecular complexity index is 639. The van der Waals surface area contributed by atoms with E-state index in [4.69, 9.17) is 4.52 Å². The van der Waals surface area contributed by atoms with Crippen molar-refractivity contribution in [2.45, 2.75) is 51.6 Å². The fourth-order valence-corrected chi connectivity index (χ4v) is 3.33. The van der Waals surface area contributed by atoms with Crippen LogP contribution in [-0.2, 0) is 13.0 Å². The molecular weight excluding hydrogens is 290 g/mol. The van der Waals surface area contributed by atoms with Crippen LogP contribution >= 0.6 is 0 Å². The molecule has 0 saturated carbocycles. The van der Waals surface area contributed by atoms with E-state index in [1.807, 2.05) is 13.8 Å². The van der Waals surface area contributed by atoms with Gasteiger partial charge < -0.3 is 9.63 Å². The first-order valence-electron chi connectivity index (χ1n) is 8.44. The van der Waals surface area contributed by atoms with Crippen LogP contribution in [-0.4, -0.2) is 33.3 Å². The van der Waals surface area contributed by atoms with Gasteiger partial charge >= 0.3 is 0 Å². The molecule has 0 fully saturated rings. The van der Waals surface area contributed by atoms with Crippen LogP contribution in [0.5, 0.6) is 0 Å². The Morgan fingerprint density at radius 1 is 1.35 bits per heavy atom. The van der Waals surface area contributed by atoms with E-state index in [2.05, 4.69) is 39.3 Å². The van der Waals surface area contributed by atoms with Crippen molar-refractivity contribution in [1.29, 1.82) is 0 Å². The molecule has 1 aromatic heterocycles. The highest BCUT2D eigenvalue weighted by atomic mass is 16.5. The molecule has 5 heteroatoms. The minimum atomic E-state index is 0.132. The van der Waals surface area contributed by atoms with Crippen molar-refractivity contribution < 1.29 is 9.63 Å². The SMILES string of the molecule is CC(C)c1nc(CN(CCO)C2CCCc3ccccc32)no1. The summed E-state index contributed by atoms with van der Waals surface area (Å²) < 4.78 is 5.31. The standard InChI is InChI=1S/C18H25N3O2/c1-13(2)18-19-17(20-23-18)12-21(10-11-22)16-9-5-7-14-6-3-4-8-15(14)16/h3-4,6,8,13,16,22H,5,7,9-12H2,1-2H3. The number of nitrogens with zero attached hydrogens (tertiary/aromatic N) is 3. The molecule has 0 aliphatic heterocycles. The molecule has 1 unspecified atom stereocenters. The summed E-state index contributed by atoms with van der Waals surface area (Å²) in [6.45, 7) is 5.44. The molecule has 1 atom stereocenters. The maximum Gasteiger partial charge on any atom is 0.229 e. The summed E-state index contributed by atoms with van der Waals surface area (Å²) >= 11 is 0. The number of aliphatic hydroxyl groups excluding tert-OH is 1. The molecule has 1 aliphatic rings. The first kappa shape index (κ1) is 16.1. The zero-order chi connectivity index (χ0) is 16.2. The minimum absolute atomic E-state index is 0.132. The van der Waals surface area contributed by atoms with Crippen LogP contribution in [0.3, 0.4) is 0 Å². The largest absolute Gasteiger partial charge is 0.395 e. The third-order valence-corrected chi connectivity index (χ3v) is 4.49. The number of aromatic nitrogens is 2. The second-order valence-corrected chi connectivity index (χ2v) is 6.50. The Kier molecular flexibility index (Phi) is 5.08. The molecule has 0 radical (unpaired) electrons. The Morgan fingerprint density at radius 2 is 2.17 bits per heavy atom. The van der Waals surface area contributed by atoms with E-state index in [1.165, 1.54) is 17.5 Å². The van der Waals surface area contributed by atoms with Gasteiger partial charge in [0.15, 0.2) is 5.82 Å². The summed E-state index contributed by atoms with van der Waals surface area (Å²) in [4.78, 5) is 6.75. The van der Waals surface area contributed by atoms with Gasteiger partial charge in [0.05, 0.1) is 13.2 Å². The molecule has 1 aliphatic carbocycles. The molecule has 0 spiro atoms. The predicted molar refractivity (Wildman–Crippen MR) is 88.0 cm³/mol. The van der Waals surface area contributed by atoms with Gasteiger partial charge in [0.25, 0.3) is 0 Å². The molecule has 2 aromatic rings. The first-order valence-corrected chi connectivity index (χ1v) is 8.44. The van der Waals surface area contributed by atoms with Crippen molar-refractivity contribution in [2.24, 2.45) is 0 Å². The normalized spacial score (nSPS) is 17.7. The summed E-state index contributed by atoms with van der Waals surface area (Å²) in [6.07, 6.45) is 3.42. The van der Waals surface area contributed by atoms with E-state index in [0.29, 0.717) is 30.8 Å². The molecule has 3 rings (SSSR count). The molecule has 1 N–H and O–H groups in total. The average Bonchev–Trinajstić information content (AvgIpc) is 3.03. The predicted octanol–water partition coefficient (Wildman–Crippen LogP) is 3.06. The van der Waals surface area contributed by atoms with Gasteiger partial charge in [0.2, 0.25) is 5.89 Å². The number of hydrogen-bond donors (Lipinski definition) is 1. The molecule has 0 amide bonds. The lowest BCUT2D eigenvalue weighted by Crippen LogP contribution is -2.33. The highest BCUT2D eigenvalue weighted by Crippen LogP contribution is 2.34. The first-order chi connectivity index (χ1) is 11.2. The van der Waals surface area contributed by atoms with Crippen LogP contribution < -0.4 is 0 Å². The van der Waals surface area contributed by atoms with E-state index < -0.39 is 0 Å². The lowest BCUT2D eigenvalue weighted by molar-refractivity contribution is 0.127. The Hall–Kier alpha value is -1.72. The lowest BCUT2D eigenvalue weighted by Gasteiger charge is -2.34. The topological polar surface area (TPSA) is 62.4 Å². The molecular formula is C18H25N3O2. The third-order valence-electron chi connectivity index (χ3n) is 4.49. The summed E-state index contributed by atoms with van der Waals surface area (Å²) in [5.41, 5.74) is 2.79. The van der Waals surface area contributed by atoms with Crippen molar-refractivity contribution in [3.63, 3.8) is 0 Å². The van der Waals surface area contributed by atoms with Gasteiger partial charge in [-0.2, -0.15) is 4.98 Å².